The van der Waals surface area contributed by atoms with Crippen LogP contribution in [0.3, 0.4) is 0 Å². The maximum absolute atomic E-state index is 13.4. The zero-order valence-electron chi connectivity index (χ0n) is 15.6. The Labute approximate surface area is 176 Å². The summed E-state index contributed by atoms with van der Waals surface area (Å²) in [5.74, 6) is -0.581. The summed E-state index contributed by atoms with van der Waals surface area (Å²) in [4.78, 5) is 31.0. The van der Waals surface area contributed by atoms with E-state index in [1.54, 1.807) is 11.4 Å². The molecule has 3 aromatic rings. The number of sulfonamides is 1. The zero-order valence-corrected chi connectivity index (χ0v) is 18.0. The molecule has 8 nitrogen and oxygen atoms in total. The SMILES string of the molecule is CCCN(Cc1nc2ccsc2c(=O)[nH]1)S(=O)(=O)c1cc(Cl)ccc1C(=O)OC. The number of nitrogens with one attached hydrogen (secondary N) is 1. The first-order valence-electron chi connectivity index (χ1n) is 8.62. The van der Waals surface area contributed by atoms with Crippen molar-refractivity contribution in [1.29, 1.82) is 0 Å². The number of halogens is 1. The van der Waals surface area contributed by atoms with Crippen LogP contribution < -0.4 is 5.56 Å². The Morgan fingerprint density at radius 3 is 2.79 bits per heavy atom. The van der Waals surface area contributed by atoms with Crippen molar-refractivity contribution in [1.82, 2.24) is 14.3 Å². The number of hydrogen-bond donors (Lipinski definition) is 1. The van der Waals surface area contributed by atoms with Crippen molar-refractivity contribution >= 4 is 49.1 Å². The van der Waals surface area contributed by atoms with E-state index in [1.165, 1.54) is 36.6 Å². The first-order chi connectivity index (χ1) is 13.8. The van der Waals surface area contributed by atoms with Gasteiger partial charge in [-0.3, -0.25) is 4.79 Å². The lowest BCUT2D eigenvalue weighted by molar-refractivity contribution is 0.0596. The molecule has 0 amide bonds. The summed E-state index contributed by atoms with van der Waals surface area (Å²) >= 11 is 7.25. The van der Waals surface area contributed by atoms with E-state index in [4.69, 9.17) is 16.3 Å². The minimum Gasteiger partial charge on any atom is -0.465 e. The number of hydrogen-bond acceptors (Lipinski definition) is 7. The van der Waals surface area contributed by atoms with Crippen LogP contribution in [0.25, 0.3) is 10.2 Å². The summed E-state index contributed by atoms with van der Waals surface area (Å²) in [6.07, 6.45) is 0.512. The Hall–Kier alpha value is -2.27. The molecule has 0 aliphatic carbocycles. The number of carbonyl (C=O) groups is 1. The highest BCUT2D eigenvalue weighted by Gasteiger charge is 2.30. The summed E-state index contributed by atoms with van der Waals surface area (Å²) in [6, 6.07) is 5.64. The van der Waals surface area contributed by atoms with E-state index < -0.39 is 16.0 Å². The van der Waals surface area contributed by atoms with Gasteiger partial charge in [-0.1, -0.05) is 18.5 Å². The van der Waals surface area contributed by atoms with E-state index in [1.807, 2.05) is 6.92 Å². The average molecular weight is 456 g/mol. The van der Waals surface area contributed by atoms with E-state index in [2.05, 4.69) is 9.97 Å². The smallest absolute Gasteiger partial charge is 0.339 e. The van der Waals surface area contributed by atoms with Crippen LogP contribution >= 0.6 is 22.9 Å². The molecule has 1 N–H and O–H groups in total. The molecule has 154 valence electrons. The van der Waals surface area contributed by atoms with Gasteiger partial charge in [-0.15, -0.1) is 11.3 Å². The lowest BCUT2D eigenvalue weighted by atomic mass is 10.2. The van der Waals surface area contributed by atoms with Crippen LogP contribution in [-0.4, -0.2) is 42.3 Å². The highest BCUT2D eigenvalue weighted by atomic mass is 35.5. The topological polar surface area (TPSA) is 109 Å². The monoisotopic (exact) mass is 455 g/mol. The maximum atomic E-state index is 13.4. The molecule has 0 aliphatic heterocycles. The van der Waals surface area contributed by atoms with E-state index in [9.17, 15) is 18.0 Å². The molecular weight excluding hydrogens is 438 g/mol. The number of aromatic amines is 1. The molecule has 0 saturated heterocycles. The van der Waals surface area contributed by atoms with Gasteiger partial charge in [0.05, 0.1) is 29.6 Å². The van der Waals surface area contributed by atoms with E-state index in [0.717, 1.165) is 4.31 Å². The van der Waals surface area contributed by atoms with E-state index in [-0.39, 0.29) is 40.0 Å². The normalized spacial score (nSPS) is 11.9. The Morgan fingerprint density at radius 2 is 2.10 bits per heavy atom. The number of nitrogens with zero attached hydrogens (tertiary/aromatic N) is 2. The van der Waals surface area contributed by atoms with Crippen molar-refractivity contribution in [2.75, 3.05) is 13.7 Å². The predicted molar refractivity (Wildman–Crippen MR) is 111 cm³/mol. The molecule has 0 bridgehead atoms. The molecule has 11 heteroatoms. The minimum absolute atomic E-state index is 0.118. The highest BCUT2D eigenvalue weighted by molar-refractivity contribution is 7.89. The van der Waals surface area contributed by atoms with Crippen LogP contribution in [0.5, 0.6) is 0 Å². The molecule has 0 radical (unpaired) electrons. The lowest BCUT2D eigenvalue weighted by Crippen LogP contribution is -2.33. The van der Waals surface area contributed by atoms with Gasteiger partial charge < -0.3 is 9.72 Å². The molecular formula is C18H18ClN3O5S2. The molecule has 0 spiro atoms. The molecule has 0 atom stereocenters. The first-order valence-corrected chi connectivity index (χ1v) is 11.3. The predicted octanol–water partition coefficient (Wildman–Crippen LogP) is 3.03. The molecule has 0 fully saturated rings. The van der Waals surface area contributed by atoms with Crippen LogP contribution in [0.1, 0.15) is 29.5 Å². The van der Waals surface area contributed by atoms with Gasteiger partial charge in [0.25, 0.3) is 5.56 Å². The number of aromatic nitrogens is 2. The van der Waals surface area contributed by atoms with Crippen LogP contribution in [-0.2, 0) is 21.3 Å². The summed E-state index contributed by atoms with van der Waals surface area (Å²) < 4.78 is 33.1. The van der Waals surface area contributed by atoms with Gasteiger partial charge >= 0.3 is 5.97 Å². The number of esters is 1. The molecule has 0 saturated carbocycles. The summed E-state index contributed by atoms with van der Waals surface area (Å²) in [5.41, 5.74) is 0.0557. The van der Waals surface area contributed by atoms with Gasteiger partial charge in [-0.2, -0.15) is 4.31 Å². The van der Waals surface area contributed by atoms with Gasteiger partial charge in [0.2, 0.25) is 10.0 Å². The van der Waals surface area contributed by atoms with E-state index in [0.29, 0.717) is 16.6 Å². The van der Waals surface area contributed by atoms with Gasteiger partial charge in [0, 0.05) is 11.6 Å². The number of benzene rings is 1. The summed E-state index contributed by atoms with van der Waals surface area (Å²) in [7, 11) is -2.97. The van der Waals surface area contributed by atoms with Crippen LogP contribution in [0, 0.1) is 0 Å². The van der Waals surface area contributed by atoms with Gasteiger partial charge in [0.15, 0.2) is 0 Å². The number of rotatable bonds is 7. The van der Waals surface area contributed by atoms with Crippen molar-refractivity contribution in [3.05, 3.63) is 56.4 Å². The van der Waals surface area contributed by atoms with Crippen LogP contribution in [0.15, 0.2) is 39.3 Å². The second-order valence-electron chi connectivity index (χ2n) is 6.12. The highest BCUT2D eigenvalue weighted by Crippen LogP contribution is 2.26. The fraction of sp³-hybridized carbons (Fsp3) is 0.278. The molecule has 2 aromatic heterocycles. The van der Waals surface area contributed by atoms with Crippen LogP contribution in [0.2, 0.25) is 5.02 Å². The number of ether oxygens (including phenoxy) is 1. The fourth-order valence-corrected chi connectivity index (χ4v) is 5.49. The largest absolute Gasteiger partial charge is 0.465 e. The van der Waals surface area contributed by atoms with Crippen LogP contribution in [0.4, 0.5) is 0 Å². The third-order valence-corrected chi connectivity index (χ3v) is 7.15. The van der Waals surface area contributed by atoms with Crippen molar-refractivity contribution in [2.45, 2.75) is 24.8 Å². The molecule has 3 rings (SSSR count). The van der Waals surface area contributed by atoms with Gasteiger partial charge in [-0.25, -0.2) is 18.2 Å². The summed E-state index contributed by atoms with van der Waals surface area (Å²) in [5, 5.41) is 1.91. The van der Waals surface area contributed by atoms with E-state index >= 15 is 0 Å². The molecule has 0 aliphatic rings. The third kappa shape index (κ3) is 4.35. The molecule has 2 heterocycles. The molecule has 1 aromatic carbocycles. The maximum Gasteiger partial charge on any atom is 0.339 e. The quantitative estimate of drug-likeness (QED) is 0.548. The number of methoxy groups -OCH3 is 1. The Kier molecular flexibility index (Phi) is 6.37. The zero-order chi connectivity index (χ0) is 21.2. The van der Waals surface area contributed by atoms with Crippen molar-refractivity contribution < 1.29 is 17.9 Å². The van der Waals surface area contributed by atoms with Gasteiger partial charge in [0.1, 0.15) is 10.5 Å². The molecule has 0 unspecified atom stereocenters. The standard InChI is InChI=1S/C18H18ClN3O5S2/c1-3-7-22(10-15-20-13-6-8-28-16(13)17(23)21-15)29(25,26)14-9-11(19)4-5-12(14)18(24)27-2/h4-6,8-9H,3,7,10H2,1-2H3,(H,20,21,23). The molecule has 29 heavy (non-hydrogen) atoms. The van der Waals surface area contributed by atoms with Crippen molar-refractivity contribution in [2.24, 2.45) is 0 Å². The second kappa shape index (κ2) is 8.62. The lowest BCUT2D eigenvalue weighted by Gasteiger charge is -2.22. The number of carbonyl (C=O) groups excluding carboxylic acids is 1. The third-order valence-electron chi connectivity index (χ3n) is 4.13. The number of H-pyrrole nitrogens is 1. The Bertz CT molecular complexity index is 1220. The number of thiophene rings is 1. The van der Waals surface area contributed by atoms with Crippen molar-refractivity contribution in [3.63, 3.8) is 0 Å². The summed E-state index contributed by atoms with van der Waals surface area (Å²) in [6.45, 7) is 1.81. The number of fused-ring (bicyclic) bond motifs is 1. The second-order valence-corrected chi connectivity index (χ2v) is 9.38. The Balaban J connectivity index is 2.07. The Morgan fingerprint density at radius 1 is 1.34 bits per heavy atom. The first kappa shape index (κ1) is 21.4. The van der Waals surface area contributed by atoms with Crippen molar-refractivity contribution in [3.8, 4) is 0 Å². The minimum atomic E-state index is -4.13. The van der Waals surface area contributed by atoms with Gasteiger partial charge in [-0.05, 0) is 36.1 Å². The average Bonchev–Trinajstić information content (AvgIpc) is 3.16. The fourth-order valence-electron chi connectivity index (χ4n) is 2.82.